The van der Waals surface area contributed by atoms with Crippen LogP contribution in [0.2, 0.25) is 0 Å². The fourth-order valence-electron chi connectivity index (χ4n) is 2.29. The summed E-state index contributed by atoms with van der Waals surface area (Å²) in [4.78, 5) is 2.18. The minimum atomic E-state index is 0.358. The van der Waals surface area contributed by atoms with Crippen molar-refractivity contribution in [3.05, 3.63) is 65.2 Å². The maximum Gasteiger partial charge on any atom is 0.0991 e. The second-order valence-electron chi connectivity index (χ2n) is 5.27. The molecule has 0 saturated heterocycles. The number of nitrogens with zero attached hydrogens (tertiary/aromatic N) is 2. The van der Waals surface area contributed by atoms with Gasteiger partial charge >= 0.3 is 0 Å². The van der Waals surface area contributed by atoms with Crippen LogP contribution in [0.1, 0.15) is 29.7 Å². The van der Waals surface area contributed by atoms with Crippen LogP contribution in [0.25, 0.3) is 0 Å². The minimum Gasteiger partial charge on any atom is -0.370 e. The number of nitriles is 1. The molecule has 2 rings (SSSR count). The molecule has 2 aromatic rings. The van der Waals surface area contributed by atoms with Gasteiger partial charge in [0, 0.05) is 25.3 Å². The molecule has 0 amide bonds. The number of nitrogens with one attached hydrogen (secondary N) is 1. The normalized spacial score (nSPS) is 11.7. The van der Waals surface area contributed by atoms with E-state index in [-0.39, 0.29) is 0 Å². The lowest BCUT2D eigenvalue weighted by Gasteiger charge is -2.20. The Morgan fingerprint density at radius 3 is 2.52 bits per heavy atom. The molecular formula is C18H21N3. The highest BCUT2D eigenvalue weighted by Gasteiger charge is 2.05. The second kappa shape index (κ2) is 6.92. The summed E-state index contributed by atoms with van der Waals surface area (Å²) < 4.78 is 0. The monoisotopic (exact) mass is 279 g/mol. The Labute approximate surface area is 126 Å². The SMILES string of the molecule is CNC(C)c1ccc(N(C)Cc2cccc(C#N)c2)cc1. The molecule has 0 aromatic heterocycles. The van der Waals surface area contributed by atoms with Gasteiger partial charge in [-0.2, -0.15) is 5.26 Å². The van der Waals surface area contributed by atoms with Gasteiger partial charge in [-0.1, -0.05) is 24.3 Å². The Kier molecular flexibility index (Phi) is 4.97. The van der Waals surface area contributed by atoms with E-state index >= 15 is 0 Å². The molecule has 1 N–H and O–H groups in total. The summed E-state index contributed by atoms with van der Waals surface area (Å²) in [6.07, 6.45) is 0. The molecule has 0 saturated carbocycles. The minimum absolute atomic E-state index is 0.358. The highest BCUT2D eigenvalue weighted by Crippen LogP contribution is 2.20. The Morgan fingerprint density at radius 1 is 1.19 bits per heavy atom. The van der Waals surface area contributed by atoms with Crippen LogP contribution in [0.5, 0.6) is 0 Å². The molecule has 0 aliphatic carbocycles. The zero-order valence-corrected chi connectivity index (χ0v) is 12.8. The average Bonchev–Trinajstić information content (AvgIpc) is 2.54. The van der Waals surface area contributed by atoms with Crippen LogP contribution in [0, 0.1) is 11.3 Å². The van der Waals surface area contributed by atoms with E-state index in [1.807, 2.05) is 25.2 Å². The summed E-state index contributed by atoms with van der Waals surface area (Å²) in [6.45, 7) is 2.93. The van der Waals surface area contributed by atoms with E-state index in [0.29, 0.717) is 11.6 Å². The number of hydrogen-bond donors (Lipinski definition) is 1. The molecule has 0 bridgehead atoms. The first-order valence-electron chi connectivity index (χ1n) is 7.11. The summed E-state index contributed by atoms with van der Waals surface area (Å²) in [5, 5.41) is 12.2. The lowest BCUT2D eigenvalue weighted by molar-refractivity contribution is 0.652. The molecule has 3 nitrogen and oxygen atoms in total. The molecule has 21 heavy (non-hydrogen) atoms. The Hall–Kier alpha value is -2.31. The van der Waals surface area contributed by atoms with Gasteiger partial charge in [-0.25, -0.2) is 0 Å². The third-order valence-corrected chi connectivity index (χ3v) is 3.74. The quantitative estimate of drug-likeness (QED) is 0.910. The van der Waals surface area contributed by atoms with Gasteiger partial charge in [-0.3, -0.25) is 0 Å². The molecule has 0 aliphatic rings. The zero-order valence-electron chi connectivity index (χ0n) is 12.8. The summed E-state index contributed by atoms with van der Waals surface area (Å²) in [7, 11) is 4.03. The van der Waals surface area contributed by atoms with Gasteiger partial charge < -0.3 is 10.2 Å². The molecule has 0 aliphatic heterocycles. The lowest BCUT2D eigenvalue weighted by atomic mass is 10.1. The summed E-state index contributed by atoms with van der Waals surface area (Å²) >= 11 is 0. The molecule has 108 valence electrons. The van der Waals surface area contributed by atoms with Crippen molar-refractivity contribution in [3.8, 4) is 6.07 Å². The van der Waals surface area contributed by atoms with E-state index in [4.69, 9.17) is 5.26 Å². The smallest absolute Gasteiger partial charge is 0.0991 e. The lowest BCUT2D eigenvalue weighted by Crippen LogP contribution is -2.17. The van der Waals surface area contributed by atoms with Gasteiger partial charge in [0.25, 0.3) is 0 Å². The number of benzene rings is 2. The Bertz CT molecular complexity index is 626. The van der Waals surface area contributed by atoms with Crippen LogP contribution in [0.15, 0.2) is 48.5 Å². The number of anilines is 1. The van der Waals surface area contributed by atoms with Crippen molar-refractivity contribution in [2.24, 2.45) is 0 Å². The maximum atomic E-state index is 8.95. The third kappa shape index (κ3) is 3.84. The fourth-order valence-corrected chi connectivity index (χ4v) is 2.29. The molecule has 0 fully saturated rings. The predicted molar refractivity (Wildman–Crippen MR) is 87.2 cm³/mol. The third-order valence-electron chi connectivity index (χ3n) is 3.74. The molecule has 1 unspecified atom stereocenters. The van der Waals surface area contributed by atoms with Crippen molar-refractivity contribution < 1.29 is 0 Å². The van der Waals surface area contributed by atoms with E-state index in [1.54, 1.807) is 0 Å². The van der Waals surface area contributed by atoms with E-state index < -0.39 is 0 Å². The Morgan fingerprint density at radius 2 is 1.90 bits per heavy atom. The van der Waals surface area contributed by atoms with E-state index in [2.05, 4.69) is 60.6 Å². The number of hydrogen-bond acceptors (Lipinski definition) is 3. The topological polar surface area (TPSA) is 39.1 Å². The van der Waals surface area contributed by atoms with Crippen molar-refractivity contribution in [2.75, 3.05) is 19.0 Å². The van der Waals surface area contributed by atoms with Crippen molar-refractivity contribution >= 4 is 5.69 Å². The molecular weight excluding hydrogens is 258 g/mol. The first-order valence-corrected chi connectivity index (χ1v) is 7.11. The van der Waals surface area contributed by atoms with Crippen LogP contribution in [-0.4, -0.2) is 14.1 Å². The first-order chi connectivity index (χ1) is 10.1. The summed E-state index contributed by atoms with van der Waals surface area (Å²) in [5.41, 5.74) is 4.30. The van der Waals surface area contributed by atoms with Gasteiger partial charge in [0.05, 0.1) is 11.6 Å². The van der Waals surface area contributed by atoms with Crippen LogP contribution in [0.4, 0.5) is 5.69 Å². The molecule has 0 heterocycles. The maximum absolute atomic E-state index is 8.95. The molecule has 0 radical (unpaired) electrons. The van der Waals surface area contributed by atoms with Crippen LogP contribution >= 0.6 is 0 Å². The largest absolute Gasteiger partial charge is 0.370 e. The van der Waals surface area contributed by atoms with Crippen molar-refractivity contribution in [2.45, 2.75) is 19.5 Å². The highest BCUT2D eigenvalue weighted by atomic mass is 15.1. The van der Waals surface area contributed by atoms with Crippen molar-refractivity contribution in [3.63, 3.8) is 0 Å². The van der Waals surface area contributed by atoms with Crippen LogP contribution in [-0.2, 0) is 6.54 Å². The van der Waals surface area contributed by atoms with Crippen molar-refractivity contribution in [1.82, 2.24) is 5.32 Å². The van der Waals surface area contributed by atoms with Gasteiger partial charge in [0.1, 0.15) is 0 Å². The van der Waals surface area contributed by atoms with E-state index in [0.717, 1.165) is 12.1 Å². The Balaban J connectivity index is 2.09. The van der Waals surface area contributed by atoms with Crippen LogP contribution in [0.3, 0.4) is 0 Å². The summed E-state index contributed by atoms with van der Waals surface area (Å²) in [6, 6.07) is 18.9. The molecule has 3 heteroatoms. The zero-order chi connectivity index (χ0) is 15.2. The van der Waals surface area contributed by atoms with E-state index in [9.17, 15) is 0 Å². The number of rotatable bonds is 5. The molecule has 2 aromatic carbocycles. The van der Waals surface area contributed by atoms with Crippen molar-refractivity contribution in [1.29, 1.82) is 5.26 Å². The molecule has 1 atom stereocenters. The average molecular weight is 279 g/mol. The van der Waals surface area contributed by atoms with Crippen LogP contribution < -0.4 is 10.2 Å². The fraction of sp³-hybridized carbons (Fsp3) is 0.278. The van der Waals surface area contributed by atoms with E-state index in [1.165, 1.54) is 11.3 Å². The first kappa shape index (κ1) is 15.1. The second-order valence-corrected chi connectivity index (χ2v) is 5.27. The molecule has 0 spiro atoms. The highest BCUT2D eigenvalue weighted by molar-refractivity contribution is 5.48. The van der Waals surface area contributed by atoms with Gasteiger partial charge in [-0.05, 0) is 49.4 Å². The summed E-state index contributed by atoms with van der Waals surface area (Å²) in [5.74, 6) is 0. The van der Waals surface area contributed by atoms with Gasteiger partial charge in [0.15, 0.2) is 0 Å². The van der Waals surface area contributed by atoms with Gasteiger partial charge in [-0.15, -0.1) is 0 Å². The standard InChI is InChI=1S/C18H21N3/c1-14(20-2)17-7-9-18(10-8-17)21(3)13-16-6-4-5-15(11-16)12-19/h4-11,14,20H,13H2,1-3H3. The predicted octanol–water partition coefficient (Wildman–Crippen LogP) is 3.48. The van der Waals surface area contributed by atoms with Gasteiger partial charge in [0.2, 0.25) is 0 Å².